The summed E-state index contributed by atoms with van der Waals surface area (Å²) in [6.07, 6.45) is 0.0856. The van der Waals surface area contributed by atoms with E-state index >= 15 is 0 Å². The third-order valence-corrected chi connectivity index (χ3v) is 6.60. The van der Waals surface area contributed by atoms with Crippen LogP contribution >= 0.6 is 11.8 Å². The standard InChI is InChI=1S/C27H27N5O2S/c1-19-13-14-23(17-20(19)2)32-26(21-9-5-3-6-10-21)29-30-27(32)35-18-25(34)31(16-15-24(28)33)22-11-7-4-8-12-22/h3-14,17H,15-16,18H2,1-2H3,(H2,28,33). The summed E-state index contributed by atoms with van der Waals surface area (Å²) in [5.41, 5.74) is 10.3. The number of carbonyl (C=O) groups is 2. The molecule has 2 N–H and O–H groups in total. The van der Waals surface area contributed by atoms with E-state index in [-0.39, 0.29) is 24.6 Å². The summed E-state index contributed by atoms with van der Waals surface area (Å²) in [5.74, 6) is 0.245. The summed E-state index contributed by atoms with van der Waals surface area (Å²) in [7, 11) is 0. The van der Waals surface area contributed by atoms with E-state index < -0.39 is 5.91 Å². The number of anilines is 1. The van der Waals surface area contributed by atoms with Crippen LogP contribution in [0.4, 0.5) is 5.69 Å². The van der Waals surface area contributed by atoms with Crippen molar-refractivity contribution >= 4 is 29.3 Å². The molecule has 0 fully saturated rings. The van der Waals surface area contributed by atoms with Crippen molar-refractivity contribution in [3.8, 4) is 17.1 Å². The number of benzene rings is 3. The van der Waals surface area contributed by atoms with Gasteiger partial charge in [-0.05, 0) is 49.2 Å². The number of amides is 2. The van der Waals surface area contributed by atoms with Gasteiger partial charge in [0.05, 0.1) is 11.4 Å². The summed E-state index contributed by atoms with van der Waals surface area (Å²) >= 11 is 1.31. The van der Waals surface area contributed by atoms with E-state index in [1.165, 1.54) is 17.3 Å². The van der Waals surface area contributed by atoms with Crippen molar-refractivity contribution in [2.45, 2.75) is 25.4 Å². The molecule has 35 heavy (non-hydrogen) atoms. The summed E-state index contributed by atoms with van der Waals surface area (Å²) in [4.78, 5) is 26.2. The SMILES string of the molecule is Cc1ccc(-n2c(SCC(=O)N(CCC(N)=O)c3ccccc3)nnc2-c2ccccc2)cc1C. The Morgan fingerprint density at radius 3 is 2.26 bits per heavy atom. The first kappa shape index (κ1) is 24.2. The molecular weight excluding hydrogens is 458 g/mol. The van der Waals surface area contributed by atoms with Crippen LogP contribution in [-0.4, -0.2) is 38.9 Å². The predicted octanol–water partition coefficient (Wildman–Crippen LogP) is 4.55. The maximum absolute atomic E-state index is 13.2. The van der Waals surface area contributed by atoms with E-state index in [0.29, 0.717) is 11.0 Å². The van der Waals surface area contributed by atoms with Crippen LogP contribution in [0.3, 0.4) is 0 Å². The highest BCUT2D eigenvalue weighted by atomic mass is 32.2. The summed E-state index contributed by atoms with van der Waals surface area (Å²) in [6, 6.07) is 25.3. The summed E-state index contributed by atoms with van der Waals surface area (Å²) in [6.45, 7) is 4.36. The zero-order valence-corrected chi connectivity index (χ0v) is 20.5. The molecule has 4 aromatic rings. The van der Waals surface area contributed by atoms with Crippen LogP contribution in [0, 0.1) is 13.8 Å². The molecule has 0 aliphatic rings. The van der Waals surface area contributed by atoms with Gasteiger partial charge in [-0.3, -0.25) is 14.2 Å². The average molecular weight is 486 g/mol. The molecule has 0 atom stereocenters. The largest absolute Gasteiger partial charge is 0.370 e. The summed E-state index contributed by atoms with van der Waals surface area (Å²) < 4.78 is 1.98. The lowest BCUT2D eigenvalue weighted by Gasteiger charge is -2.22. The lowest BCUT2D eigenvalue weighted by molar-refractivity contribution is -0.118. The Hall–Kier alpha value is -3.91. The quantitative estimate of drug-likeness (QED) is 0.351. The van der Waals surface area contributed by atoms with E-state index in [4.69, 9.17) is 5.73 Å². The number of hydrogen-bond acceptors (Lipinski definition) is 5. The number of aryl methyl sites for hydroxylation is 2. The number of aromatic nitrogens is 3. The molecule has 4 rings (SSSR count). The van der Waals surface area contributed by atoms with Gasteiger partial charge in [-0.2, -0.15) is 0 Å². The van der Waals surface area contributed by atoms with Gasteiger partial charge in [0.25, 0.3) is 0 Å². The molecule has 1 aromatic heterocycles. The molecule has 0 aliphatic heterocycles. The zero-order valence-electron chi connectivity index (χ0n) is 19.7. The molecule has 0 spiro atoms. The van der Waals surface area contributed by atoms with Crippen LogP contribution in [0.25, 0.3) is 17.1 Å². The molecule has 7 nitrogen and oxygen atoms in total. The van der Waals surface area contributed by atoms with E-state index in [0.717, 1.165) is 22.5 Å². The second-order valence-corrected chi connectivity index (χ2v) is 9.10. The molecule has 2 amide bonds. The van der Waals surface area contributed by atoms with Gasteiger partial charge >= 0.3 is 0 Å². The number of nitrogens with zero attached hydrogens (tertiary/aromatic N) is 4. The first-order valence-electron chi connectivity index (χ1n) is 11.3. The lowest BCUT2D eigenvalue weighted by atomic mass is 10.1. The molecule has 0 saturated carbocycles. The fourth-order valence-electron chi connectivity index (χ4n) is 3.67. The van der Waals surface area contributed by atoms with Crippen LogP contribution in [0.15, 0.2) is 84.0 Å². The van der Waals surface area contributed by atoms with Crippen LogP contribution < -0.4 is 10.6 Å². The fourth-order valence-corrected chi connectivity index (χ4v) is 4.49. The highest BCUT2D eigenvalue weighted by Gasteiger charge is 2.21. The molecule has 8 heteroatoms. The minimum atomic E-state index is -0.451. The summed E-state index contributed by atoms with van der Waals surface area (Å²) in [5, 5.41) is 9.51. The third kappa shape index (κ3) is 5.78. The Morgan fingerprint density at radius 2 is 1.60 bits per heavy atom. The molecule has 0 aliphatic carbocycles. The Balaban J connectivity index is 1.64. The van der Waals surface area contributed by atoms with Crippen LogP contribution in [0.2, 0.25) is 0 Å². The van der Waals surface area contributed by atoms with Crippen LogP contribution in [-0.2, 0) is 9.59 Å². The van der Waals surface area contributed by atoms with Gasteiger partial charge in [-0.1, -0.05) is 66.4 Å². The fraction of sp³-hybridized carbons (Fsp3) is 0.185. The van der Waals surface area contributed by atoms with Crippen molar-refractivity contribution in [2.75, 3.05) is 17.2 Å². The van der Waals surface area contributed by atoms with Gasteiger partial charge in [0.2, 0.25) is 11.8 Å². The van der Waals surface area contributed by atoms with E-state index in [1.54, 1.807) is 4.90 Å². The second-order valence-electron chi connectivity index (χ2n) is 8.16. The van der Waals surface area contributed by atoms with Crippen LogP contribution in [0.1, 0.15) is 17.5 Å². The van der Waals surface area contributed by atoms with Gasteiger partial charge in [-0.25, -0.2) is 0 Å². The number of primary amides is 1. The van der Waals surface area contributed by atoms with E-state index in [2.05, 4.69) is 36.2 Å². The Kier molecular flexibility index (Phi) is 7.62. The monoisotopic (exact) mass is 485 g/mol. The molecule has 0 saturated heterocycles. The zero-order chi connectivity index (χ0) is 24.8. The molecule has 3 aromatic carbocycles. The molecule has 0 radical (unpaired) electrons. The predicted molar refractivity (Wildman–Crippen MR) is 140 cm³/mol. The van der Waals surface area contributed by atoms with Crippen molar-refractivity contribution in [1.82, 2.24) is 14.8 Å². The minimum absolute atomic E-state index is 0.0856. The molecular formula is C27H27N5O2S. The van der Waals surface area contributed by atoms with Gasteiger partial charge in [-0.15, -0.1) is 10.2 Å². The van der Waals surface area contributed by atoms with Crippen molar-refractivity contribution in [3.05, 3.63) is 90.0 Å². The van der Waals surface area contributed by atoms with Crippen molar-refractivity contribution < 1.29 is 9.59 Å². The topological polar surface area (TPSA) is 94.1 Å². The normalized spacial score (nSPS) is 10.8. The van der Waals surface area contributed by atoms with Gasteiger partial charge < -0.3 is 10.6 Å². The maximum Gasteiger partial charge on any atom is 0.237 e. The van der Waals surface area contributed by atoms with Crippen LogP contribution in [0.5, 0.6) is 0 Å². The van der Waals surface area contributed by atoms with Gasteiger partial charge in [0.15, 0.2) is 11.0 Å². The number of para-hydroxylation sites is 1. The first-order chi connectivity index (χ1) is 16.9. The Labute approximate surface area is 209 Å². The average Bonchev–Trinajstić information content (AvgIpc) is 3.29. The number of carbonyl (C=O) groups excluding carboxylic acids is 2. The van der Waals surface area contributed by atoms with Crippen molar-refractivity contribution in [2.24, 2.45) is 5.73 Å². The van der Waals surface area contributed by atoms with Gasteiger partial charge in [0.1, 0.15) is 0 Å². The highest BCUT2D eigenvalue weighted by Crippen LogP contribution is 2.29. The number of hydrogen-bond donors (Lipinski definition) is 1. The smallest absolute Gasteiger partial charge is 0.237 e. The van der Waals surface area contributed by atoms with E-state index in [9.17, 15) is 9.59 Å². The lowest BCUT2D eigenvalue weighted by Crippen LogP contribution is -2.35. The first-order valence-corrected chi connectivity index (χ1v) is 12.3. The number of rotatable bonds is 9. The maximum atomic E-state index is 13.2. The molecule has 178 valence electrons. The third-order valence-electron chi connectivity index (χ3n) is 5.69. The number of thioether (sulfide) groups is 1. The van der Waals surface area contributed by atoms with Gasteiger partial charge in [0, 0.05) is 24.2 Å². The second kappa shape index (κ2) is 11.0. The molecule has 0 bridgehead atoms. The number of nitrogens with two attached hydrogens (primary N) is 1. The Bertz CT molecular complexity index is 1320. The Morgan fingerprint density at radius 1 is 0.914 bits per heavy atom. The van der Waals surface area contributed by atoms with Crippen molar-refractivity contribution in [1.29, 1.82) is 0 Å². The minimum Gasteiger partial charge on any atom is -0.370 e. The molecule has 1 heterocycles. The van der Waals surface area contributed by atoms with E-state index in [1.807, 2.05) is 71.3 Å². The van der Waals surface area contributed by atoms with Crippen molar-refractivity contribution in [3.63, 3.8) is 0 Å². The highest BCUT2D eigenvalue weighted by molar-refractivity contribution is 7.99. The molecule has 0 unspecified atom stereocenters.